The van der Waals surface area contributed by atoms with Crippen LogP contribution >= 0.6 is 0 Å². The second-order valence-corrected chi connectivity index (χ2v) is 8.53. The highest BCUT2D eigenvalue weighted by Crippen LogP contribution is 2.28. The van der Waals surface area contributed by atoms with E-state index in [-0.39, 0.29) is 0 Å². The molecule has 3 aromatic rings. The first-order chi connectivity index (χ1) is 15.7. The molecular formula is C26H34N4O2. The van der Waals surface area contributed by atoms with Gasteiger partial charge >= 0.3 is 0 Å². The standard InChI is InChI=1S/C21H24N4O.C5H10O/c1-16-15-17(3-8-21(16)26-2)20-9-10-23-25(20)19-6-4-18(5-7-19)24-13-11-22-12-14-24;1-5-2-3-6-4-5/h3-10,15,22H,11-14H2,1-2H3;5H,2-4H2,1H3. The number of aryl methyl sites for hydroxylation is 1. The maximum absolute atomic E-state index is 5.37. The molecule has 0 aliphatic carbocycles. The zero-order valence-electron chi connectivity index (χ0n) is 19.4. The lowest BCUT2D eigenvalue weighted by atomic mass is 10.1. The van der Waals surface area contributed by atoms with Gasteiger partial charge in [0.05, 0.1) is 24.7 Å². The van der Waals surface area contributed by atoms with Crippen molar-refractivity contribution in [1.82, 2.24) is 15.1 Å². The minimum atomic E-state index is 0.824. The maximum atomic E-state index is 5.37. The Hall–Kier alpha value is -2.83. The Kier molecular flexibility index (Phi) is 7.45. The van der Waals surface area contributed by atoms with Gasteiger partial charge in [-0.1, -0.05) is 6.92 Å². The van der Waals surface area contributed by atoms with Gasteiger partial charge < -0.3 is 19.7 Å². The van der Waals surface area contributed by atoms with Gasteiger partial charge in [0.25, 0.3) is 0 Å². The minimum absolute atomic E-state index is 0.824. The van der Waals surface area contributed by atoms with Crippen LogP contribution in [0.4, 0.5) is 5.69 Å². The van der Waals surface area contributed by atoms with Crippen LogP contribution in [0, 0.1) is 12.8 Å². The molecular weight excluding hydrogens is 400 g/mol. The first kappa shape index (κ1) is 22.4. The molecule has 2 saturated heterocycles. The van der Waals surface area contributed by atoms with E-state index in [1.807, 2.05) is 23.0 Å². The summed E-state index contributed by atoms with van der Waals surface area (Å²) in [6.07, 6.45) is 3.11. The van der Waals surface area contributed by atoms with Gasteiger partial charge in [-0.25, -0.2) is 4.68 Å². The monoisotopic (exact) mass is 434 g/mol. The summed E-state index contributed by atoms with van der Waals surface area (Å²) in [6.45, 7) is 10.4. The molecule has 0 spiro atoms. The fourth-order valence-electron chi connectivity index (χ4n) is 4.15. The Balaban J connectivity index is 0.000000354. The van der Waals surface area contributed by atoms with Gasteiger partial charge in [-0.05, 0) is 73.4 Å². The van der Waals surface area contributed by atoms with Crippen LogP contribution in [-0.2, 0) is 4.74 Å². The first-order valence-corrected chi connectivity index (χ1v) is 11.5. The van der Waals surface area contributed by atoms with Crippen molar-refractivity contribution >= 4 is 5.69 Å². The average molecular weight is 435 g/mol. The summed E-state index contributed by atoms with van der Waals surface area (Å²) in [5.74, 6) is 1.73. The molecule has 0 saturated carbocycles. The highest BCUT2D eigenvalue weighted by Gasteiger charge is 2.12. The van der Waals surface area contributed by atoms with Crippen molar-refractivity contribution < 1.29 is 9.47 Å². The van der Waals surface area contributed by atoms with Gasteiger partial charge in [-0.15, -0.1) is 0 Å². The topological polar surface area (TPSA) is 51.6 Å². The largest absolute Gasteiger partial charge is 0.496 e. The van der Waals surface area contributed by atoms with Crippen LogP contribution in [-0.4, -0.2) is 56.3 Å². The van der Waals surface area contributed by atoms with Crippen molar-refractivity contribution in [3.8, 4) is 22.7 Å². The molecule has 6 nitrogen and oxygen atoms in total. The predicted molar refractivity (Wildman–Crippen MR) is 130 cm³/mol. The number of rotatable bonds is 4. The van der Waals surface area contributed by atoms with Gasteiger partial charge in [0, 0.05) is 50.6 Å². The lowest BCUT2D eigenvalue weighted by Gasteiger charge is -2.29. The molecule has 2 aliphatic heterocycles. The molecule has 0 radical (unpaired) electrons. The predicted octanol–water partition coefficient (Wildman–Crippen LogP) is 4.31. The van der Waals surface area contributed by atoms with Crippen molar-refractivity contribution in [1.29, 1.82) is 0 Å². The Morgan fingerprint density at radius 2 is 1.78 bits per heavy atom. The number of nitrogens with one attached hydrogen (secondary N) is 1. The zero-order valence-corrected chi connectivity index (χ0v) is 19.4. The van der Waals surface area contributed by atoms with Gasteiger partial charge in [0.2, 0.25) is 0 Å². The van der Waals surface area contributed by atoms with E-state index < -0.39 is 0 Å². The van der Waals surface area contributed by atoms with Crippen LogP contribution in [0.5, 0.6) is 5.75 Å². The number of aromatic nitrogens is 2. The summed E-state index contributed by atoms with van der Waals surface area (Å²) in [7, 11) is 1.70. The summed E-state index contributed by atoms with van der Waals surface area (Å²) < 4.78 is 12.4. The van der Waals surface area contributed by atoms with E-state index >= 15 is 0 Å². The third kappa shape index (κ3) is 5.31. The quantitative estimate of drug-likeness (QED) is 0.663. The van der Waals surface area contributed by atoms with Crippen LogP contribution in [0.25, 0.3) is 16.9 Å². The molecule has 1 atom stereocenters. The Morgan fingerprint density at radius 3 is 2.38 bits per heavy atom. The van der Waals surface area contributed by atoms with E-state index in [1.165, 1.54) is 12.1 Å². The van der Waals surface area contributed by atoms with Crippen LogP contribution in [0.3, 0.4) is 0 Å². The van der Waals surface area contributed by atoms with E-state index in [0.717, 1.165) is 73.6 Å². The molecule has 2 fully saturated rings. The zero-order chi connectivity index (χ0) is 22.3. The van der Waals surface area contributed by atoms with Crippen molar-refractivity contribution in [3.05, 3.63) is 60.3 Å². The maximum Gasteiger partial charge on any atom is 0.121 e. The van der Waals surface area contributed by atoms with E-state index in [0.29, 0.717) is 0 Å². The molecule has 170 valence electrons. The molecule has 0 amide bonds. The van der Waals surface area contributed by atoms with E-state index in [2.05, 4.69) is 65.6 Å². The normalized spacial score (nSPS) is 18.2. The molecule has 1 N–H and O–H groups in total. The van der Waals surface area contributed by atoms with Gasteiger partial charge in [0.1, 0.15) is 5.75 Å². The van der Waals surface area contributed by atoms with E-state index in [4.69, 9.17) is 9.47 Å². The minimum Gasteiger partial charge on any atom is -0.496 e. The lowest BCUT2D eigenvalue weighted by molar-refractivity contribution is 0.188. The van der Waals surface area contributed by atoms with Crippen LogP contribution in [0.1, 0.15) is 18.9 Å². The number of nitrogens with zero attached hydrogens (tertiary/aromatic N) is 3. The summed E-state index contributed by atoms with van der Waals surface area (Å²) in [5.41, 5.74) is 5.66. The van der Waals surface area contributed by atoms with Crippen molar-refractivity contribution in [2.75, 3.05) is 51.4 Å². The molecule has 3 heterocycles. The van der Waals surface area contributed by atoms with Crippen molar-refractivity contribution in [2.45, 2.75) is 20.3 Å². The van der Waals surface area contributed by atoms with Gasteiger partial charge in [-0.2, -0.15) is 5.10 Å². The molecule has 32 heavy (non-hydrogen) atoms. The van der Waals surface area contributed by atoms with Crippen LogP contribution in [0.2, 0.25) is 0 Å². The summed E-state index contributed by atoms with van der Waals surface area (Å²) in [6, 6.07) is 16.9. The molecule has 1 unspecified atom stereocenters. The third-order valence-corrected chi connectivity index (χ3v) is 6.07. The highest BCUT2D eigenvalue weighted by atomic mass is 16.5. The molecule has 5 rings (SSSR count). The number of benzene rings is 2. The fourth-order valence-corrected chi connectivity index (χ4v) is 4.15. The van der Waals surface area contributed by atoms with Crippen LogP contribution < -0.4 is 15.0 Å². The molecule has 2 aromatic carbocycles. The van der Waals surface area contributed by atoms with E-state index in [1.54, 1.807) is 7.11 Å². The summed E-state index contributed by atoms with van der Waals surface area (Å²) in [4.78, 5) is 2.41. The Morgan fingerprint density at radius 1 is 1.03 bits per heavy atom. The second-order valence-electron chi connectivity index (χ2n) is 8.53. The number of methoxy groups -OCH3 is 1. The van der Waals surface area contributed by atoms with Crippen molar-refractivity contribution in [2.24, 2.45) is 5.92 Å². The SMILES string of the molecule is CC1CCOC1.COc1ccc(-c2ccnn2-c2ccc(N3CCNCC3)cc2)cc1C. The average Bonchev–Trinajstić information content (AvgIpc) is 3.52. The lowest BCUT2D eigenvalue weighted by Crippen LogP contribution is -2.43. The summed E-state index contributed by atoms with van der Waals surface area (Å²) >= 11 is 0. The van der Waals surface area contributed by atoms with Crippen molar-refractivity contribution in [3.63, 3.8) is 0 Å². The third-order valence-electron chi connectivity index (χ3n) is 6.07. The van der Waals surface area contributed by atoms with E-state index in [9.17, 15) is 0 Å². The number of anilines is 1. The molecule has 2 aliphatic rings. The molecule has 6 heteroatoms. The molecule has 0 bridgehead atoms. The highest BCUT2D eigenvalue weighted by molar-refractivity contribution is 5.65. The van der Waals surface area contributed by atoms with Gasteiger partial charge in [0.15, 0.2) is 0 Å². The van der Waals surface area contributed by atoms with Gasteiger partial charge in [-0.3, -0.25) is 0 Å². The smallest absolute Gasteiger partial charge is 0.121 e. The fraction of sp³-hybridized carbons (Fsp3) is 0.423. The first-order valence-electron chi connectivity index (χ1n) is 11.5. The number of hydrogen-bond donors (Lipinski definition) is 1. The second kappa shape index (κ2) is 10.7. The summed E-state index contributed by atoms with van der Waals surface area (Å²) in [5, 5.41) is 7.93. The van der Waals surface area contributed by atoms with Crippen LogP contribution in [0.15, 0.2) is 54.7 Å². The number of ether oxygens (including phenoxy) is 2. The Bertz CT molecular complexity index is 987. The number of piperazine rings is 1. The number of hydrogen-bond acceptors (Lipinski definition) is 5. The molecule has 1 aromatic heterocycles. The Labute approximate surface area is 191 Å².